The Kier molecular flexibility index (Phi) is 7.46. The molecule has 26 heavy (non-hydrogen) atoms. The van der Waals surface area contributed by atoms with E-state index in [1.54, 1.807) is 12.1 Å². The Bertz CT molecular complexity index is 626. The van der Waals surface area contributed by atoms with Crippen LogP contribution < -0.4 is 4.74 Å². The highest BCUT2D eigenvalue weighted by Crippen LogP contribution is 2.30. The van der Waals surface area contributed by atoms with Crippen LogP contribution in [0.25, 0.3) is 0 Å². The molecule has 0 atom stereocenters. The molecule has 3 nitrogen and oxygen atoms in total. The quantitative estimate of drug-likeness (QED) is 0.448. The van der Waals surface area contributed by atoms with Crippen LogP contribution in [0.3, 0.4) is 0 Å². The lowest BCUT2D eigenvalue weighted by Crippen LogP contribution is -2.21. The number of hydrogen-bond acceptors (Lipinski definition) is 3. The largest absolute Gasteiger partial charge is 0.573 e. The maximum atomic E-state index is 12.7. The Hall–Kier alpha value is -2.07. The molecule has 0 spiro atoms. The minimum absolute atomic E-state index is 0.128. The Morgan fingerprint density at radius 1 is 1.15 bits per heavy atom. The molecule has 0 N–H and O–H groups in total. The van der Waals surface area contributed by atoms with Gasteiger partial charge in [0.25, 0.3) is 0 Å². The molecule has 0 aliphatic heterocycles. The summed E-state index contributed by atoms with van der Waals surface area (Å²) in [4.78, 5) is 0. The van der Waals surface area contributed by atoms with Gasteiger partial charge in [0.05, 0.1) is 12.7 Å². The number of benzene rings is 1. The van der Waals surface area contributed by atoms with Crippen LogP contribution in [-0.4, -0.2) is 12.5 Å². The van der Waals surface area contributed by atoms with Crippen molar-refractivity contribution in [3.8, 4) is 11.8 Å². The summed E-state index contributed by atoms with van der Waals surface area (Å²) in [5, 5.41) is 8.36. The van der Waals surface area contributed by atoms with E-state index < -0.39 is 12.2 Å². The normalized spacial score (nSPS) is 21.3. The van der Waals surface area contributed by atoms with Crippen molar-refractivity contribution in [1.29, 1.82) is 5.26 Å². The minimum atomic E-state index is -4.69. The van der Waals surface area contributed by atoms with Gasteiger partial charge in [-0.05, 0) is 68.2 Å². The van der Waals surface area contributed by atoms with Gasteiger partial charge in [0.2, 0.25) is 0 Å². The average molecular weight is 371 g/mol. The molecule has 0 aromatic heterocycles. The van der Waals surface area contributed by atoms with Gasteiger partial charge < -0.3 is 9.47 Å². The Balaban J connectivity index is 1.68. The van der Waals surface area contributed by atoms with Crippen LogP contribution in [-0.2, 0) is 11.3 Å². The van der Waals surface area contributed by atoms with Crippen molar-refractivity contribution >= 4 is 0 Å². The third-order valence-electron chi connectivity index (χ3n) is 4.44. The fraction of sp³-hybridized carbons (Fsp3) is 0.526. The second-order valence-electron chi connectivity index (χ2n) is 6.39. The summed E-state index contributed by atoms with van der Waals surface area (Å²) in [7, 11) is 0. The van der Waals surface area contributed by atoms with E-state index in [4.69, 9.17) is 10.00 Å². The number of ether oxygens (including phenoxy) is 2. The summed E-state index contributed by atoms with van der Waals surface area (Å²) in [6.45, 7) is 0.345. The predicted molar refractivity (Wildman–Crippen MR) is 87.7 cm³/mol. The van der Waals surface area contributed by atoms with E-state index >= 15 is 0 Å². The average Bonchev–Trinajstić information content (AvgIpc) is 2.61. The minimum Gasteiger partial charge on any atom is -0.406 e. The Morgan fingerprint density at radius 2 is 1.81 bits per heavy atom. The number of nitrogens with zero attached hydrogens (tertiary/aromatic N) is 1. The molecule has 1 aliphatic carbocycles. The molecule has 0 bridgehead atoms. The summed E-state index contributed by atoms with van der Waals surface area (Å²) in [6, 6.07) is 7.13. The zero-order chi connectivity index (χ0) is 19.0. The van der Waals surface area contributed by atoms with Crippen LogP contribution in [0.5, 0.6) is 5.75 Å². The highest BCUT2D eigenvalue weighted by atomic mass is 19.4. The fourth-order valence-corrected chi connectivity index (χ4v) is 3.08. The standard InChI is InChI=1S/C19H21F4NO2/c20-16(12-24)3-1-2-14-4-8-17(9-5-14)25-13-15-6-10-18(11-7-15)26-19(21,22)23/h3,6-7,10-11,14,17H,1-2,4-5,8-9,13H2/b16-3-/t14-,17-. The molecule has 0 unspecified atom stereocenters. The number of halogens is 4. The number of rotatable bonds is 7. The first kappa shape index (κ1) is 20.2. The lowest BCUT2D eigenvalue weighted by atomic mass is 9.84. The summed E-state index contributed by atoms with van der Waals surface area (Å²) < 4.78 is 58.8. The van der Waals surface area contributed by atoms with Crippen LogP contribution >= 0.6 is 0 Å². The first-order valence-corrected chi connectivity index (χ1v) is 8.58. The van der Waals surface area contributed by atoms with Gasteiger partial charge in [-0.1, -0.05) is 12.1 Å². The maximum absolute atomic E-state index is 12.7. The van der Waals surface area contributed by atoms with Crippen LogP contribution in [0.4, 0.5) is 17.6 Å². The van der Waals surface area contributed by atoms with Crippen molar-refractivity contribution in [2.45, 2.75) is 57.6 Å². The molecule has 1 aliphatic rings. The van der Waals surface area contributed by atoms with Crippen LogP contribution in [0.1, 0.15) is 44.1 Å². The molecule has 0 saturated heterocycles. The number of allylic oxidation sites excluding steroid dienone is 2. The predicted octanol–water partition coefficient (Wildman–Crippen LogP) is 5.82. The third kappa shape index (κ3) is 7.44. The highest BCUT2D eigenvalue weighted by molar-refractivity contribution is 5.27. The molecule has 0 heterocycles. The SMILES string of the molecule is N#C/C(F)=C/CC[C@H]1CC[C@H](OCc2ccc(OC(F)(F)F)cc2)CC1. The van der Waals surface area contributed by atoms with Gasteiger partial charge in [-0.15, -0.1) is 13.2 Å². The summed E-state index contributed by atoms with van der Waals surface area (Å²) in [5.41, 5.74) is 0.791. The van der Waals surface area contributed by atoms with Gasteiger partial charge in [-0.3, -0.25) is 0 Å². The number of nitriles is 1. The Morgan fingerprint density at radius 3 is 2.38 bits per heavy atom. The lowest BCUT2D eigenvalue weighted by molar-refractivity contribution is -0.274. The summed E-state index contributed by atoms with van der Waals surface area (Å²) >= 11 is 0. The topological polar surface area (TPSA) is 42.2 Å². The number of alkyl halides is 3. The molecule has 1 aromatic carbocycles. The molecule has 142 valence electrons. The second kappa shape index (κ2) is 9.58. The van der Waals surface area contributed by atoms with Crippen molar-refractivity contribution in [2.24, 2.45) is 5.92 Å². The molecule has 1 aromatic rings. The molecule has 7 heteroatoms. The van der Waals surface area contributed by atoms with E-state index in [1.807, 2.05) is 0 Å². The first-order chi connectivity index (χ1) is 12.4. The van der Waals surface area contributed by atoms with Gasteiger partial charge in [0.1, 0.15) is 11.8 Å². The van der Waals surface area contributed by atoms with Crippen LogP contribution in [0, 0.1) is 17.2 Å². The van der Waals surface area contributed by atoms with Crippen LogP contribution in [0.15, 0.2) is 36.2 Å². The van der Waals surface area contributed by atoms with E-state index in [-0.39, 0.29) is 11.9 Å². The van der Waals surface area contributed by atoms with Gasteiger partial charge in [-0.2, -0.15) is 9.65 Å². The van der Waals surface area contributed by atoms with Gasteiger partial charge >= 0.3 is 6.36 Å². The van der Waals surface area contributed by atoms with Crippen molar-refractivity contribution in [1.82, 2.24) is 0 Å². The zero-order valence-electron chi connectivity index (χ0n) is 14.3. The van der Waals surface area contributed by atoms with E-state index in [0.29, 0.717) is 18.9 Å². The molecule has 0 amide bonds. The third-order valence-corrected chi connectivity index (χ3v) is 4.44. The lowest BCUT2D eigenvalue weighted by Gasteiger charge is -2.28. The smallest absolute Gasteiger partial charge is 0.406 e. The van der Waals surface area contributed by atoms with Crippen molar-refractivity contribution < 1.29 is 27.0 Å². The Labute approximate surface area is 150 Å². The summed E-state index contributed by atoms with van der Waals surface area (Å²) in [6.07, 6.45) is 2.00. The first-order valence-electron chi connectivity index (χ1n) is 8.58. The monoisotopic (exact) mass is 371 g/mol. The number of hydrogen-bond donors (Lipinski definition) is 0. The van der Waals surface area contributed by atoms with Gasteiger partial charge in [0, 0.05) is 0 Å². The van der Waals surface area contributed by atoms with Crippen LogP contribution in [0.2, 0.25) is 0 Å². The molecule has 1 fully saturated rings. The summed E-state index contributed by atoms with van der Waals surface area (Å²) in [5.74, 6) is -0.464. The molecular weight excluding hydrogens is 350 g/mol. The molecular formula is C19H21F4NO2. The van der Waals surface area contributed by atoms with E-state index in [1.165, 1.54) is 24.3 Å². The van der Waals surface area contributed by atoms with Crippen molar-refractivity contribution in [2.75, 3.05) is 0 Å². The van der Waals surface area contributed by atoms with E-state index in [9.17, 15) is 17.6 Å². The van der Waals surface area contributed by atoms with Crippen molar-refractivity contribution in [3.05, 3.63) is 41.7 Å². The molecule has 1 saturated carbocycles. The van der Waals surface area contributed by atoms with E-state index in [2.05, 4.69) is 4.74 Å². The molecule has 2 rings (SSSR count). The van der Waals surface area contributed by atoms with Crippen molar-refractivity contribution in [3.63, 3.8) is 0 Å². The van der Waals surface area contributed by atoms with E-state index in [0.717, 1.165) is 37.7 Å². The second-order valence-corrected chi connectivity index (χ2v) is 6.39. The maximum Gasteiger partial charge on any atom is 0.573 e. The highest BCUT2D eigenvalue weighted by Gasteiger charge is 2.31. The fourth-order valence-electron chi connectivity index (χ4n) is 3.08. The molecule has 0 radical (unpaired) electrons. The van der Waals surface area contributed by atoms with Gasteiger partial charge in [-0.25, -0.2) is 0 Å². The zero-order valence-corrected chi connectivity index (χ0v) is 14.3. The van der Waals surface area contributed by atoms with Gasteiger partial charge in [0.15, 0.2) is 5.83 Å².